The number of fused-ring (bicyclic) bond motifs is 1. The summed E-state index contributed by atoms with van der Waals surface area (Å²) < 4.78 is 0. The molecule has 0 aromatic heterocycles. The average Bonchev–Trinajstić information content (AvgIpc) is 2.66. The molecule has 1 nitrogen and oxygen atoms in total. The van der Waals surface area contributed by atoms with E-state index in [2.05, 4.69) is 49.4 Å². The van der Waals surface area contributed by atoms with Crippen LogP contribution in [0.5, 0.6) is 0 Å². The first-order valence-corrected chi connectivity index (χ1v) is 4.22. The zero-order valence-corrected chi connectivity index (χ0v) is 11.6. The fraction of sp³-hybridized carbons (Fsp3) is 0.0833. The van der Waals surface area contributed by atoms with Crippen molar-refractivity contribution in [2.45, 2.75) is 6.42 Å². The molecule has 68 valence electrons. The van der Waals surface area contributed by atoms with Crippen LogP contribution in [0.1, 0.15) is 6.42 Å². The molecular formula is C12H12OSr. The van der Waals surface area contributed by atoms with Crippen LogP contribution < -0.4 is 0 Å². The summed E-state index contributed by atoms with van der Waals surface area (Å²) in [5.41, 5.74) is 0. The molecular weight excluding hydrogens is 248 g/mol. The summed E-state index contributed by atoms with van der Waals surface area (Å²) in [7, 11) is 0. The molecule has 0 N–H and O–H groups in total. The predicted octanol–water partition coefficient (Wildman–Crippen LogP) is 2.59. The van der Waals surface area contributed by atoms with Crippen molar-refractivity contribution in [1.29, 1.82) is 0 Å². The number of carbonyl (C=O) groups excluding carboxylic acids is 1. The third-order valence-electron chi connectivity index (χ3n) is 1.67. The second kappa shape index (κ2) is 8.30. The zero-order valence-electron chi connectivity index (χ0n) is 8.15. The molecule has 0 bridgehead atoms. The van der Waals surface area contributed by atoms with Gasteiger partial charge in [0.05, 0.1) is 6.29 Å². The Balaban J connectivity index is 0.000000299. The van der Waals surface area contributed by atoms with E-state index in [4.69, 9.17) is 4.79 Å². The first kappa shape index (κ1) is 14.0. The molecule has 0 saturated carbocycles. The smallest absolute Gasteiger partial charge is 0.337 e. The van der Waals surface area contributed by atoms with Crippen molar-refractivity contribution in [3.05, 3.63) is 49.4 Å². The fourth-order valence-electron chi connectivity index (χ4n) is 1.07. The van der Waals surface area contributed by atoms with E-state index in [1.54, 1.807) is 0 Å². The van der Waals surface area contributed by atoms with Crippen molar-refractivity contribution < 1.29 is 4.79 Å². The molecule has 0 aliphatic rings. The average molecular weight is 260 g/mol. The van der Waals surface area contributed by atoms with Crippen LogP contribution in [0.3, 0.4) is 0 Å². The Hall–Kier alpha value is -0.0195. The first-order valence-electron chi connectivity index (χ1n) is 4.22. The molecule has 0 unspecified atom stereocenters. The maximum absolute atomic E-state index is 9.11. The van der Waals surface area contributed by atoms with E-state index in [0.29, 0.717) is 6.42 Å². The summed E-state index contributed by atoms with van der Waals surface area (Å²) in [4.78, 5) is 9.11. The summed E-state index contributed by atoms with van der Waals surface area (Å²) in [5.74, 6) is 0. The van der Waals surface area contributed by atoms with Gasteiger partial charge in [-0.1, -0.05) is 6.07 Å². The van der Waals surface area contributed by atoms with E-state index in [1.807, 2.05) is 0 Å². The molecule has 0 fully saturated rings. The summed E-state index contributed by atoms with van der Waals surface area (Å²) in [6.07, 6.45) is 1.15. The van der Waals surface area contributed by atoms with Gasteiger partial charge in [0.15, 0.2) is 0 Å². The Bertz CT molecular complexity index is 335. The van der Waals surface area contributed by atoms with Crippen molar-refractivity contribution in [2.24, 2.45) is 0 Å². The van der Waals surface area contributed by atoms with Gasteiger partial charge in [0.25, 0.3) is 0 Å². The van der Waals surface area contributed by atoms with Gasteiger partial charge in [-0.2, -0.15) is 17.5 Å². The molecule has 0 radical (unpaired) electrons. The van der Waals surface area contributed by atoms with Gasteiger partial charge in [-0.25, -0.2) is 0 Å². The summed E-state index contributed by atoms with van der Waals surface area (Å²) in [5, 5.41) is 2.66. The molecule has 0 spiro atoms. The van der Waals surface area contributed by atoms with Crippen LogP contribution in [-0.4, -0.2) is 51.8 Å². The van der Waals surface area contributed by atoms with Crippen LogP contribution in [-0.2, 0) is 4.79 Å². The molecule has 0 saturated heterocycles. The van der Waals surface area contributed by atoms with E-state index < -0.39 is 0 Å². The normalized spacial score (nSPS) is 8.36. The van der Waals surface area contributed by atoms with Crippen LogP contribution >= 0.6 is 0 Å². The van der Waals surface area contributed by atoms with Crippen molar-refractivity contribution in [1.82, 2.24) is 0 Å². The minimum atomic E-state index is 0. The monoisotopic (exact) mass is 260 g/mol. The van der Waals surface area contributed by atoms with Gasteiger partial charge >= 0.3 is 45.5 Å². The second-order valence-electron chi connectivity index (χ2n) is 2.61. The summed E-state index contributed by atoms with van der Waals surface area (Å²) in [6.45, 7) is 3.24. The Kier molecular flexibility index (Phi) is 8.29. The number of carbonyl (C=O) groups is 1. The van der Waals surface area contributed by atoms with Gasteiger partial charge in [0.1, 0.15) is 0 Å². The molecule has 0 amide bonds. The SMILES string of the molecule is [CH2-]CC=O.[Sr+2].c1ccc2[cH-]ccc2c1. The van der Waals surface area contributed by atoms with Gasteiger partial charge in [-0.15, -0.1) is 36.1 Å². The largest absolute Gasteiger partial charge is 2.00 e. The van der Waals surface area contributed by atoms with E-state index >= 15 is 0 Å². The molecule has 2 aromatic carbocycles. The van der Waals surface area contributed by atoms with Crippen LogP contribution in [0, 0.1) is 6.92 Å². The van der Waals surface area contributed by atoms with Gasteiger partial charge in [-0.3, -0.25) is 0 Å². The molecule has 14 heavy (non-hydrogen) atoms. The van der Waals surface area contributed by atoms with Crippen molar-refractivity contribution in [3.8, 4) is 0 Å². The number of hydrogen-bond acceptors (Lipinski definition) is 1. The Morgan fingerprint density at radius 3 is 2.50 bits per heavy atom. The Morgan fingerprint density at radius 2 is 1.93 bits per heavy atom. The fourth-order valence-corrected chi connectivity index (χ4v) is 1.07. The molecule has 0 atom stereocenters. The van der Waals surface area contributed by atoms with Gasteiger partial charge < -0.3 is 11.7 Å². The maximum Gasteiger partial charge on any atom is 2.00 e. The van der Waals surface area contributed by atoms with E-state index in [9.17, 15) is 0 Å². The third-order valence-corrected chi connectivity index (χ3v) is 1.67. The molecule has 2 heteroatoms. The summed E-state index contributed by atoms with van der Waals surface area (Å²) >= 11 is 0. The standard InChI is InChI=1S/C9H7.C3H5O.Sr/c1-2-5-9-7-3-6-8(9)4-1;1-2-3-4;/h1-7H;3H,1-2H2;/q2*-1;+2. The third kappa shape index (κ3) is 4.47. The van der Waals surface area contributed by atoms with Crippen molar-refractivity contribution in [2.75, 3.05) is 0 Å². The predicted molar refractivity (Wildman–Crippen MR) is 61.3 cm³/mol. The number of rotatable bonds is 1. The minimum Gasteiger partial charge on any atom is -0.337 e. The number of benzene rings is 1. The molecule has 0 aliphatic carbocycles. The number of hydrogen-bond donors (Lipinski definition) is 0. The van der Waals surface area contributed by atoms with Gasteiger partial charge in [0.2, 0.25) is 0 Å². The molecule has 2 rings (SSSR count). The van der Waals surface area contributed by atoms with Crippen molar-refractivity contribution >= 4 is 62.5 Å². The molecule has 0 heterocycles. The van der Waals surface area contributed by atoms with Crippen LogP contribution in [0.2, 0.25) is 0 Å². The Morgan fingerprint density at radius 1 is 1.29 bits per heavy atom. The quantitative estimate of drug-likeness (QED) is 0.437. The van der Waals surface area contributed by atoms with Crippen LogP contribution in [0.15, 0.2) is 42.5 Å². The Labute approximate surface area is 122 Å². The topological polar surface area (TPSA) is 17.1 Å². The van der Waals surface area contributed by atoms with E-state index in [-0.39, 0.29) is 45.5 Å². The first-order chi connectivity index (χ1) is 6.38. The van der Waals surface area contributed by atoms with Crippen LogP contribution in [0.25, 0.3) is 10.8 Å². The van der Waals surface area contributed by atoms with Crippen molar-refractivity contribution in [3.63, 3.8) is 0 Å². The van der Waals surface area contributed by atoms with Crippen LogP contribution in [0.4, 0.5) is 0 Å². The molecule has 2 aromatic rings. The van der Waals surface area contributed by atoms with Gasteiger partial charge in [-0.05, 0) is 0 Å². The molecule has 0 aliphatic heterocycles. The van der Waals surface area contributed by atoms with Gasteiger partial charge in [0, 0.05) is 0 Å². The zero-order chi connectivity index (χ0) is 9.52. The summed E-state index contributed by atoms with van der Waals surface area (Å²) in [6, 6.07) is 14.7. The second-order valence-corrected chi connectivity index (χ2v) is 2.61. The van der Waals surface area contributed by atoms with E-state index in [0.717, 1.165) is 6.29 Å². The van der Waals surface area contributed by atoms with E-state index in [1.165, 1.54) is 10.8 Å². The minimum absolute atomic E-state index is 0. The maximum atomic E-state index is 9.11. The number of aldehydes is 1.